The Labute approximate surface area is 220 Å². The summed E-state index contributed by atoms with van der Waals surface area (Å²) >= 11 is 0. The predicted molar refractivity (Wildman–Crippen MR) is 149 cm³/mol. The summed E-state index contributed by atoms with van der Waals surface area (Å²) in [5.74, 6) is 1.53. The lowest BCUT2D eigenvalue weighted by molar-refractivity contribution is 0.00489. The van der Waals surface area contributed by atoms with E-state index in [0.717, 1.165) is 42.9 Å². The number of aryl methyl sites for hydroxylation is 1. The van der Waals surface area contributed by atoms with Gasteiger partial charge in [-0.1, -0.05) is 30.3 Å². The maximum absolute atomic E-state index is 5.96. The van der Waals surface area contributed by atoms with Crippen molar-refractivity contribution in [3.05, 3.63) is 72.1 Å². The van der Waals surface area contributed by atoms with Gasteiger partial charge in [0.25, 0.3) is 0 Å². The Balaban J connectivity index is 1.11. The van der Waals surface area contributed by atoms with E-state index in [1.807, 2.05) is 17.2 Å². The number of hydroxylamine groups is 1. The van der Waals surface area contributed by atoms with Gasteiger partial charge in [0.05, 0.1) is 12.6 Å². The molecule has 0 amide bonds. The second kappa shape index (κ2) is 9.95. The first kappa shape index (κ1) is 24.2. The average Bonchev–Trinajstić information content (AvgIpc) is 3.38. The van der Waals surface area contributed by atoms with Crippen molar-refractivity contribution in [2.24, 2.45) is 5.41 Å². The first-order valence-corrected chi connectivity index (χ1v) is 13.6. The van der Waals surface area contributed by atoms with E-state index >= 15 is 0 Å². The summed E-state index contributed by atoms with van der Waals surface area (Å²) in [6, 6.07) is 20.0. The molecule has 2 saturated heterocycles. The molecule has 7 heteroatoms. The first-order valence-electron chi connectivity index (χ1n) is 13.6. The molecule has 3 aromatic rings. The zero-order chi connectivity index (χ0) is 25.4. The highest BCUT2D eigenvalue weighted by atomic mass is 16.7. The van der Waals surface area contributed by atoms with Gasteiger partial charge in [-0.2, -0.15) is 0 Å². The number of anilines is 4. The van der Waals surface area contributed by atoms with Crippen LogP contribution in [0.2, 0.25) is 0 Å². The minimum Gasteiger partial charge on any atom is -0.371 e. The van der Waals surface area contributed by atoms with Gasteiger partial charge in [-0.25, -0.2) is 15.0 Å². The van der Waals surface area contributed by atoms with Crippen molar-refractivity contribution in [2.75, 3.05) is 49.1 Å². The molecule has 37 heavy (non-hydrogen) atoms. The van der Waals surface area contributed by atoms with Crippen molar-refractivity contribution in [2.45, 2.75) is 51.1 Å². The van der Waals surface area contributed by atoms with E-state index in [-0.39, 0.29) is 6.04 Å². The van der Waals surface area contributed by atoms with E-state index in [0.29, 0.717) is 12.0 Å². The lowest BCUT2D eigenvalue weighted by atomic mass is 9.60. The van der Waals surface area contributed by atoms with Crippen LogP contribution in [0.3, 0.4) is 0 Å². The molecule has 1 aromatic heterocycles. The molecule has 1 N–H and O–H groups in total. The van der Waals surface area contributed by atoms with Crippen LogP contribution in [0.4, 0.5) is 23.0 Å². The van der Waals surface area contributed by atoms with Crippen molar-refractivity contribution in [3.63, 3.8) is 0 Å². The second-order valence-corrected chi connectivity index (χ2v) is 11.3. The normalized spacial score (nSPS) is 21.5. The summed E-state index contributed by atoms with van der Waals surface area (Å²) in [6.07, 6.45) is 7.89. The Morgan fingerprint density at radius 3 is 2.51 bits per heavy atom. The number of rotatable bonds is 6. The summed E-state index contributed by atoms with van der Waals surface area (Å²) in [6.45, 7) is 5.20. The number of nitrogens with one attached hydrogen (secondary N) is 1. The molecule has 1 spiro atoms. The highest BCUT2D eigenvalue weighted by Gasteiger charge is 2.46. The summed E-state index contributed by atoms with van der Waals surface area (Å²) < 4.78 is 0. The van der Waals surface area contributed by atoms with Crippen LogP contribution in [-0.2, 0) is 4.84 Å². The second-order valence-electron chi connectivity index (χ2n) is 11.3. The molecule has 3 aliphatic rings. The zero-order valence-corrected chi connectivity index (χ0v) is 22.2. The molecule has 1 saturated carbocycles. The molecule has 2 aliphatic heterocycles. The SMILES string of the molecule is Cc1cc(Nc2cc(N3OCC[C@@H]3c3ccccc3)ncn2)ccc1N1CCC2(CC1)CC(N(C)C)C2. The molecule has 6 rings (SSSR count). The molecule has 194 valence electrons. The third kappa shape index (κ3) is 4.90. The third-order valence-corrected chi connectivity index (χ3v) is 8.67. The van der Waals surface area contributed by atoms with Crippen LogP contribution in [0.5, 0.6) is 0 Å². The molecule has 0 radical (unpaired) electrons. The number of aromatic nitrogens is 2. The number of nitrogens with zero attached hydrogens (tertiary/aromatic N) is 5. The van der Waals surface area contributed by atoms with E-state index in [4.69, 9.17) is 4.84 Å². The quantitative estimate of drug-likeness (QED) is 0.466. The van der Waals surface area contributed by atoms with Crippen molar-refractivity contribution in [3.8, 4) is 0 Å². The van der Waals surface area contributed by atoms with Crippen LogP contribution in [0.1, 0.15) is 49.3 Å². The lowest BCUT2D eigenvalue weighted by Gasteiger charge is -2.54. The molecule has 3 heterocycles. The molecule has 2 aromatic carbocycles. The van der Waals surface area contributed by atoms with Crippen LogP contribution < -0.4 is 15.3 Å². The number of benzene rings is 2. The summed E-state index contributed by atoms with van der Waals surface area (Å²) in [5.41, 5.74) is 5.50. The fraction of sp³-hybridized carbons (Fsp3) is 0.467. The van der Waals surface area contributed by atoms with Gasteiger partial charge in [0.1, 0.15) is 12.1 Å². The van der Waals surface area contributed by atoms with Crippen molar-refractivity contribution in [1.82, 2.24) is 14.9 Å². The number of piperidine rings is 1. The van der Waals surface area contributed by atoms with Gasteiger partial charge >= 0.3 is 0 Å². The van der Waals surface area contributed by atoms with Gasteiger partial charge in [-0.3, -0.25) is 4.84 Å². The third-order valence-electron chi connectivity index (χ3n) is 8.67. The van der Waals surface area contributed by atoms with Crippen molar-refractivity contribution < 1.29 is 4.84 Å². The Hall–Kier alpha value is -3.16. The van der Waals surface area contributed by atoms with Crippen LogP contribution in [0.15, 0.2) is 60.9 Å². The highest BCUT2D eigenvalue weighted by molar-refractivity contribution is 5.65. The molecule has 0 bridgehead atoms. The maximum atomic E-state index is 5.96. The fourth-order valence-electron chi connectivity index (χ4n) is 6.38. The Morgan fingerprint density at radius 2 is 1.78 bits per heavy atom. The van der Waals surface area contributed by atoms with E-state index in [1.165, 1.54) is 42.5 Å². The van der Waals surface area contributed by atoms with Crippen LogP contribution in [-0.4, -0.2) is 54.7 Å². The highest BCUT2D eigenvalue weighted by Crippen LogP contribution is 2.51. The van der Waals surface area contributed by atoms with Gasteiger partial charge in [-0.05, 0) is 81.4 Å². The molecule has 1 aliphatic carbocycles. The molecular formula is C30H38N6O. The van der Waals surface area contributed by atoms with Crippen molar-refractivity contribution in [1.29, 1.82) is 0 Å². The Kier molecular flexibility index (Phi) is 6.51. The lowest BCUT2D eigenvalue weighted by Crippen LogP contribution is -2.53. The standard InChI is InChI=1S/C30H38N6O/c1-22-17-24(9-10-26(22)35-14-12-30(13-15-35)19-25(20-30)34(2)3)33-28-18-29(32-21-31-28)36-27(11-16-37-36)23-7-5-4-6-8-23/h4-10,17-18,21,25,27H,11-16,19-20H2,1-3H3,(H,31,32,33)/t27-/m1/s1. The molecule has 3 fully saturated rings. The largest absolute Gasteiger partial charge is 0.371 e. The zero-order valence-electron chi connectivity index (χ0n) is 22.2. The van der Waals surface area contributed by atoms with Gasteiger partial charge in [0.15, 0.2) is 5.82 Å². The van der Waals surface area contributed by atoms with Crippen LogP contribution in [0.25, 0.3) is 0 Å². The van der Waals surface area contributed by atoms with E-state index < -0.39 is 0 Å². The number of hydrogen-bond acceptors (Lipinski definition) is 7. The fourth-order valence-corrected chi connectivity index (χ4v) is 6.38. The number of hydrogen-bond donors (Lipinski definition) is 1. The van der Waals surface area contributed by atoms with Gasteiger partial charge in [-0.15, -0.1) is 0 Å². The molecular weight excluding hydrogens is 460 g/mol. The van der Waals surface area contributed by atoms with Crippen molar-refractivity contribution >= 4 is 23.0 Å². The predicted octanol–water partition coefficient (Wildman–Crippen LogP) is 5.72. The smallest absolute Gasteiger partial charge is 0.158 e. The minimum atomic E-state index is 0.155. The summed E-state index contributed by atoms with van der Waals surface area (Å²) in [5, 5.41) is 5.40. The average molecular weight is 499 g/mol. The molecule has 7 nitrogen and oxygen atoms in total. The van der Waals surface area contributed by atoms with Crippen LogP contribution >= 0.6 is 0 Å². The summed E-state index contributed by atoms with van der Waals surface area (Å²) in [7, 11) is 4.44. The van der Waals surface area contributed by atoms with E-state index in [2.05, 4.69) is 88.6 Å². The Morgan fingerprint density at radius 1 is 1.00 bits per heavy atom. The summed E-state index contributed by atoms with van der Waals surface area (Å²) in [4.78, 5) is 19.9. The van der Waals surface area contributed by atoms with Gasteiger partial charge < -0.3 is 15.1 Å². The van der Waals surface area contributed by atoms with Gasteiger partial charge in [0.2, 0.25) is 0 Å². The Bertz CT molecular complexity index is 1220. The topological polar surface area (TPSA) is 56.8 Å². The molecule has 1 atom stereocenters. The first-order chi connectivity index (χ1) is 18.0. The van der Waals surface area contributed by atoms with E-state index in [1.54, 1.807) is 6.33 Å². The minimum absolute atomic E-state index is 0.155. The van der Waals surface area contributed by atoms with Crippen LogP contribution in [0, 0.1) is 12.3 Å². The van der Waals surface area contributed by atoms with E-state index in [9.17, 15) is 0 Å². The monoisotopic (exact) mass is 498 g/mol. The maximum Gasteiger partial charge on any atom is 0.158 e. The van der Waals surface area contributed by atoms with Gasteiger partial charge in [0, 0.05) is 43.0 Å². The molecule has 0 unspecified atom stereocenters.